The minimum absolute atomic E-state index is 0.932. The van der Waals surface area contributed by atoms with Gasteiger partial charge < -0.3 is 0 Å². The largest absolute Gasteiger partial charge is 0.0722 e. The van der Waals surface area contributed by atoms with Crippen LogP contribution in [0.2, 0.25) is 0 Å². The van der Waals surface area contributed by atoms with Crippen molar-refractivity contribution in [1.82, 2.24) is 0 Å². The predicted molar refractivity (Wildman–Crippen MR) is 231 cm³/mol. The summed E-state index contributed by atoms with van der Waals surface area (Å²) in [5.41, 5.74) is 16.7. The first-order chi connectivity index (χ1) is 26.2. The number of hydrogen-bond donors (Lipinski definition) is 0. The molecular weight excluding hydrogens is 637 g/mol. The van der Waals surface area contributed by atoms with E-state index < -0.39 is 0 Å². The van der Waals surface area contributed by atoms with Crippen LogP contribution in [0.3, 0.4) is 0 Å². The summed E-state index contributed by atoms with van der Waals surface area (Å²) >= 11 is 0. The number of rotatable bonds is 7. The van der Waals surface area contributed by atoms with E-state index in [1.54, 1.807) is 0 Å². The maximum Gasteiger partial charge on any atom is -0.00253 e. The fourth-order valence-corrected chi connectivity index (χ4v) is 6.55. The topological polar surface area (TPSA) is 0 Å². The van der Waals surface area contributed by atoms with Crippen LogP contribution >= 0.6 is 0 Å². The molecule has 0 radical (unpaired) electrons. The fourth-order valence-electron chi connectivity index (χ4n) is 6.55. The van der Waals surface area contributed by atoms with Gasteiger partial charge in [0.25, 0.3) is 0 Å². The average Bonchev–Trinajstić information content (AvgIpc) is 3.48. The van der Waals surface area contributed by atoms with Crippen molar-refractivity contribution in [3.05, 3.63) is 246 Å². The second kappa shape index (κ2) is 18.8. The molecular formula is C53H48. The van der Waals surface area contributed by atoms with Crippen molar-refractivity contribution >= 4 is 16.7 Å². The molecule has 0 spiro atoms. The third kappa shape index (κ3) is 10.2. The molecule has 1 aliphatic carbocycles. The molecule has 0 heteroatoms. The SMILES string of the molecule is C1=C(c2ccccc2)C=C(c2ccccc2)C=C(c2ccccc2)C1.CC.Cc1ccc(-c2cc(Cc3ccccc3)cc(-c3ccccc3)c2)cc1. The second-order valence-electron chi connectivity index (χ2n) is 13.0. The molecule has 0 heterocycles. The van der Waals surface area contributed by atoms with Gasteiger partial charge in [-0.2, -0.15) is 0 Å². The Labute approximate surface area is 317 Å². The maximum atomic E-state index is 2.34. The molecule has 0 N–H and O–H groups in total. The minimum Gasteiger partial charge on any atom is -0.0722 e. The summed E-state index contributed by atoms with van der Waals surface area (Å²) in [7, 11) is 0. The molecule has 0 amide bonds. The van der Waals surface area contributed by atoms with Gasteiger partial charge in [0, 0.05) is 0 Å². The van der Waals surface area contributed by atoms with Gasteiger partial charge in [0.15, 0.2) is 0 Å². The van der Waals surface area contributed by atoms with Crippen LogP contribution in [-0.4, -0.2) is 0 Å². The first-order valence-electron chi connectivity index (χ1n) is 18.8. The summed E-state index contributed by atoms with van der Waals surface area (Å²) in [5.74, 6) is 0. The summed E-state index contributed by atoms with van der Waals surface area (Å²) in [4.78, 5) is 0. The molecule has 0 atom stereocenters. The van der Waals surface area contributed by atoms with E-state index in [0.717, 1.165) is 12.8 Å². The van der Waals surface area contributed by atoms with E-state index in [9.17, 15) is 0 Å². The molecule has 0 saturated heterocycles. The highest BCUT2D eigenvalue weighted by molar-refractivity contribution is 5.94. The standard InChI is InChI=1S/C26H22.C25H20.C2H6/c1-20-12-14-24(15-13-20)26-18-22(16-21-8-4-2-5-9-21)17-25(19-26)23-10-6-3-7-11-23;1-4-10-20(11-5-1)23-16-17-24(21-12-6-2-7-13-21)19-25(18-23)22-14-8-3-9-15-22;1-2/h2-15,17-19H,16H2,1H3;1-16,18-19H,17H2;1-2H3. The van der Waals surface area contributed by atoms with Gasteiger partial charge in [0.1, 0.15) is 0 Å². The van der Waals surface area contributed by atoms with E-state index in [1.807, 2.05) is 13.8 Å². The van der Waals surface area contributed by atoms with Crippen LogP contribution in [-0.2, 0) is 6.42 Å². The molecule has 0 aliphatic heterocycles. The minimum atomic E-state index is 0.932. The first-order valence-corrected chi connectivity index (χ1v) is 18.8. The lowest BCUT2D eigenvalue weighted by Crippen LogP contribution is -1.91. The Morgan fingerprint density at radius 1 is 0.358 bits per heavy atom. The van der Waals surface area contributed by atoms with Gasteiger partial charge in [-0.3, -0.25) is 0 Å². The molecule has 7 aromatic rings. The molecule has 0 bridgehead atoms. The lowest BCUT2D eigenvalue weighted by molar-refractivity contribution is 1.19. The van der Waals surface area contributed by atoms with Gasteiger partial charge >= 0.3 is 0 Å². The van der Waals surface area contributed by atoms with Crippen molar-refractivity contribution in [1.29, 1.82) is 0 Å². The monoisotopic (exact) mass is 684 g/mol. The van der Waals surface area contributed by atoms with Gasteiger partial charge in [0.2, 0.25) is 0 Å². The molecule has 53 heavy (non-hydrogen) atoms. The lowest BCUT2D eigenvalue weighted by Gasteiger charge is -2.11. The Bertz CT molecular complexity index is 2240. The third-order valence-corrected chi connectivity index (χ3v) is 9.28. The van der Waals surface area contributed by atoms with Crippen molar-refractivity contribution in [2.75, 3.05) is 0 Å². The first kappa shape index (κ1) is 36.5. The van der Waals surface area contributed by atoms with Gasteiger partial charge in [-0.15, -0.1) is 0 Å². The Morgan fingerprint density at radius 3 is 1.32 bits per heavy atom. The average molecular weight is 685 g/mol. The zero-order valence-electron chi connectivity index (χ0n) is 31.1. The Balaban J connectivity index is 0.000000173. The van der Waals surface area contributed by atoms with Gasteiger partial charge in [-0.25, -0.2) is 0 Å². The van der Waals surface area contributed by atoms with Crippen molar-refractivity contribution in [3.63, 3.8) is 0 Å². The Hall–Kier alpha value is -6.24. The summed E-state index contributed by atoms with van der Waals surface area (Å²) in [6.07, 6.45) is 8.85. The number of aryl methyl sites for hydroxylation is 1. The third-order valence-electron chi connectivity index (χ3n) is 9.28. The fraction of sp³-hybridized carbons (Fsp3) is 0.0943. The Kier molecular flexibility index (Phi) is 13.0. The highest BCUT2D eigenvalue weighted by atomic mass is 14.2. The zero-order chi connectivity index (χ0) is 36.7. The molecule has 0 fully saturated rings. The van der Waals surface area contributed by atoms with E-state index in [1.165, 1.54) is 72.4 Å². The predicted octanol–water partition coefficient (Wildman–Crippen LogP) is 14.6. The van der Waals surface area contributed by atoms with Crippen molar-refractivity contribution in [2.45, 2.75) is 33.6 Å². The summed E-state index contributed by atoms with van der Waals surface area (Å²) < 4.78 is 0. The van der Waals surface area contributed by atoms with E-state index in [4.69, 9.17) is 0 Å². The van der Waals surface area contributed by atoms with E-state index in [0.29, 0.717) is 0 Å². The van der Waals surface area contributed by atoms with Crippen LogP contribution in [0.15, 0.2) is 212 Å². The van der Waals surface area contributed by atoms with Crippen molar-refractivity contribution in [2.24, 2.45) is 0 Å². The number of allylic oxidation sites excluding steroid dienone is 6. The quantitative estimate of drug-likeness (QED) is 0.157. The molecule has 0 nitrogen and oxygen atoms in total. The molecule has 7 aromatic carbocycles. The van der Waals surface area contributed by atoms with E-state index in [-0.39, 0.29) is 0 Å². The van der Waals surface area contributed by atoms with Crippen molar-refractivity contribution in [3.8, 4) is 22.3 Å². The number of hydrogen-bond acceptors (Lipinski definition) is 0. The smallest absolute Gasteiger partial charge is 0.00253 e. The molecule has 1 aliphatic rings. The second-order valence-corrected chi connectivity index (χ2v) is 13.0. The Morgan fingerprint density at radius 2 is 0.792 bits per heavy atom. The maximum absolute atomic E-state index is 2.34. The molecule has 0 saturated carbocycles. The highest BCUT2D eigenvalue weighted by Crippen LogP contribution is 2.33. The zero-order valence-corrected chi connectivity index (χ0v) is 31.1. The molecule has 260 valence electrons. The van der Waals surface area contributed by atoms with Crippen LogP contribution in [0.5, 0.6) is 0 Å². The molecule has 0 unspecified atom stereocenters. The normalized spacial score (nSPS) is 12.0. The van der Waals surface area contributed by atoms with Crippen LogP contribution in [0.25, 0.3) is 39.0 Å². The lowest BCUT2D eigenvalue weighted by atomic mass is 9.93. The van der Waals surface area contributed by atoms with Crippen LogP contribution in [0, 0.1) is 6.92 Å². The van der Waals surface area contributed by atoms with Crippen molar-refractivity contribution < 1.29 is 0 Å². The summed E-state index contributed by atoms with van der Waals surface area (Å²) in [6, 6.07) is 69.0. The number of benzene rings is 7. The molecule has 8 rings (SSSR count). The highest BCUT2D eigenvalue weighted by Gasteiger charge is 2.11. The van der Waals surface area contributed by atoms with Crippen LogP contribution < -0.4 is 0 Å². The summed E-state index contributed by atoms with van der Waals surface area (Å²) in [5, 5.41) is 0. The summed E-state index contributed by atoms with van der Waals surface area (Å²) in [6.45, 7) is 6.13. The van der Waals surface area contributed by atoms with E-state index >= 15 is 0 Å². The van der Waals surface area contributed by atoms with E-state index in [2.05, 4.69) is 219 Å². The van der Waals surface area contributed by atoms with Gasteiger partial charge in [-0.1, -0.05) is 220 Å². The molecule has 0 aromatic heterocycles. The van der Waals surface area contributed by atoms with Crippen LogP contribution in [0.4, 0.5) is 0 Å². The van der Waals surface area contributed by atoms with Gasteiger partial charge in [-0.05, 0) is 98.7 Å². The van der Waals surface area contributed by atoms with Gasteiger partial charge in [0.05, 0.1) is 0 Å². The van der Waals surface area contributed by atoms with Crippen LogP contribution in [0.1, 0.15) is 53.6 Å².